The number of amides is 2. The number of alkyl halides is 3. The number of hydrogen-bond acceptors (Lipinski definition) is 4. The summed E-state index contributed by atoms with van der Waals surface area (Å²) in [6.45, 7) is 0.535. The third-order valence-electron chi connectivity index (χ3n) is 4.74. The smallest absolute Gasteiger partial charge is 0.416 e. The molecule has 0 bridgehead atoms. The highest BCUT2D eigenvalue weighted by Gasteiger charge is 2.30. The summed E-state index contributed by atoms with van der Waals surface area (Å²) in [6.07, 6.45) is -1.81. The fraction of sp³-hybridized carbons (Fsp3) is 0.350. The lowest BCUT2D eigenvalue weighted by Gasteiger charge is -2.31. The maximum Gasteiger partial charge on any atom is 0.416 e. The van der Waals surface area contributed by atoms with Crippen LogP contribution in [0.4, 0.5) is 19.0 Å². The van der Waals surface area contributed by atoms with Gasteiger partial charge >= 0.3 is 6.18 Å². The number of likely N-dealkylation sites (tertiary alicyclic amines) is 1. The molecule has 6 nitrogen and oxygen atoms in total. The molecule has 2 amide bonds. The molecule has 1 N–H and O–H groups in total. The van der Waals surface area contributed by atoms with Gasteiger partial charge in [0.2, 0.25) is 5.91 Å². The molecular weight excluding hydrogens is 467 g/mol. The molecule has 1 aliphatic rings. The Morgan fingerprint density at radius 2 is 1.80 bits per heavy atom. The second-order valence-corrected chi connectivity index (χ2v) is 7.73. The number of ether oxygens (including phenoxy) is 1. The van der Waals surface area contributed by atoms with E-state index in [1.54, 1.807) is 23.2 Å². The molecule has 2 aromatic rings. The fourth-order valence-electron chi connectivity index (χ4n) is 3.05. The van der Waals surface area contributed by atoms with Crippen molar-refractivity contribution >= 4 is 33.6 Å². The van der Waals surface area contributed by atoms with Gasteiger partial charge in [0.1, 0.15) is 11.6 Å². The van der Waals surface area contributed by atoms with Gasteiger partial charge < -0.3 is 15.0 Å². The first kappa shape index (κ1) is 22.1. The summed E-state index contributed by atoms with van der Waals surface area (Å²) in [5, 5.41) is 2.77. The van der Waals surface area contributed by atoms with E-state index >= 15 is 0 Å². The highest BCUT2D eigenvalue weighted by atomic mass is 79.9. The van der Waals surface area contributed by atoms with Gasteiger partial charge in [-0.1, -0.05) is 0 Å². The van der Waals surface area contributed by atoms with Crippen LogP contribution in [0.5, 0.6) is 5.75 Å². The Bertz CT molecular complexity index is 881. The number of hydrogen-bond donors (Lipinski definition) is 1. The van der Waals surface area contributed by atoms with Crippen molar-refractivity contribution in [2.24, 2.45) is 5.92 Å². The molecule has 3 rings (SSSR count). The van der Waals surface area contributed by atoms with Crippen LogP contribution in [0, 0.1) is 5.92 Å². The third-order valence-corrected chi connectivity index (χ3v) is 5.21. The molecule has 30 heavy (non-hydrogen) atoms. The number of anilines is 1. The Labute approximate surface area is 179 Å². The molecule has 1 aromatic carbocycles. The molecule has 0 unspecified atom stereocenters. The summed E-state index contributed by atoms with van der Waals surface area (Å²) in [6, 6.07) is 7.65. The minimum absolute atomic E-state index is 0.141. The molecule has 1 fully saturated rings. The lowest BCUT2D eigenvalue weighted by molar-refractivity contribution is -0.138. The van der Waals surface area contributed by atoms with Gasteiger partial charge in [0.05, 0.1) is 5.56 Å². The highest BCUT2D eigenvalue weighted by molar-refractivity contribution is 9.10. The van der Waals surface area contributed by atoms with E-state index in [9.17, 15) is 22.8 Å². The summed E-state index contributed by atoms with van der Waals surface area (Å²) in [4.78, 5) is 30.4. The summed E-state index contributed by atoms with van der Waals surface area (Å²) in [5.74, 6) is 0.0100. The molecule has 160 valence electrons. The Balaban J connectivity index is 1.43. The van der Waals surface area contributed by atoms with Crippen molar-refractivity contribution in [3.05, 3.63) is 52.6 Å². The van der Waals surface area contributed by atoms with Crippen molar-refractivity contribution < 1.29 is 27.5 Å². The van der Waals surface area contributed by atoms with E-state index in [0.717, 1.165) is 16.6 Å². The van der Waals surface area contributed by atoms with E-state index in [1.807, 2.05) is 0 Å². The molecule has 0 spiro atoms. The van der Waals surface area contributed by atoms with Crippen LogP contribution >= 0.6 is 15.9 Å². The second kappa shape index (κ2) is 9.46. The number of nitrogens with zero attached hydrogens (tertiary/aromatic N) is 2. The Morgan fingerprint density at radius 1 is 1.13 bits per heavy atom. The summed E-state index contributed by atoms with van der Waals surface area (Å²) >= 11 is 3.28. The zero-order chi connectivity index (χ0) is 21.7. The molecule has 0 aliphatic carbocycles. The van der Waals surface area contributed by atoms with Crippen molar-refractivity contribution in [1.82, 2.24) is 9.88 Å². The van der Waals surface area contributed by atoms with Crippen molar-refractivity contribution in [2.75, 3.05) is 25.0 Å². The van der Waals surface area contributed by atoms with Crippen LogP contribution in [0.1, 0.15) is 18.4 Å². The Hall–Kier alpha value is -2.62. The molecule has 2 heterocycles. The SMILES string of the molecule is O=C(Nc1ccc(Br)cn1)C1CCN(C(=O)COc2ccc(C(F)(F)F)cc2)CC1. The lowest BCUT2D eigenvalue weighted by atomic mass is 9.96. The number of piperidine rings is 1. The summed E-state index contributed by atoms with van der Waals surface area (Å²) in [7, 11) is 0. The average Bonchev–Trinajstić information content (AvgIpc) is 2.73. The average molecular weight is 486 g/mol. The maximum absolute atomic E-state index is 12.6. The monoisotopic (exact) mass is 485 g/mol. The van der Waals surface area contributed by atoms with Gasteiger partial charge in [0, 0.05) is 29.7 Å². The number of pyridine rings is 1. The van der Waals surface area contributed by atoms with Gasteiger partial charge in [0.15, 0.2) is 6.61 Å². The summed E-state index contributed by atoms with van der Waals surface area (Å²) < 4.78 is 43.8. The van der Waals surface area contributed by atoms with Crippen molar-refractivity contribution in [2.45, 2.75) is 19.0 Å². The van der Waals surface area contributed by atoms with Crippen LogP contribution in [0.15, 0.2) is 47.1 Å². The molecule has 1 aliphatic heterocycles. The zero-order valence-corrected chi connectivity index (χ0v) is 17.4. The molecule has 0 radical (unpaired) electrons. The predicted octanol–water partition coefficient (Wildman–Crippen LogP) is 4.12. The number of halogens is 4. The number of carbonyl (C=O) groups excluding carboxylic acids is 2. The van der Waals surface area contributed by atoms with Gasteiger partial charge in [-0.25, -0.2) is 4.98 Å². The predicted molar refractivity (Wildman–Crippen MR) is 107 cm³/mol. The first-order valence-electron chi connectivity index (χ1n) is 9.22. The van der Waals surface area contributed by atoms with Gasteiger partial charge in [-0.15, -0.1) is 0 Å². The summed E-state index contributed by atoms with van der Waals surface area (Å²) in [5.41, 5.74) is -0.778. The number of rotatable bonds is 5. The van der Waals surface area contributed by atoms with Crippen LogP contribution in [-0.2, 0) is 15.8 Å². The van der Waals surface area contributed by atoms with Crippen LogP contribution in [-0.4, -0.2) is 41.4 Å². The molecule has 10 heteroatoms. The lowest BCUT2D eigenvalue weighted by Crippen LogP contribution is -2.43. The number of nitrogens with one attached hydrogen (secondary N) is 1. The van der Waals surface area contributed by atoms with E-state index in [4.69, 9.17) is 4.74 Å². The first-order chi connectivity index (χ1) is 14.2. The van der Waals surface area contributed by atoms with Crippen LogP contribution in [0.3, 0.4) is 0 Å². The van der Waals surface area contributed by atoms with Gasteiger partial charge in [-0.05, 0) is 65.2 Å². The van der Waals surface area contributed by atoms with E-state index in [-0.39, 0.29) is 30.1 Å². The quantitative estimate of drug-likeness (QED) is 0.691. The number of benzene rings is 1. The van der Waals surface area contributed by atoms with Crippen molar-refractivity contribution in [3.63, 3.8) is 0 Å². The number of aromatic nitrogens is 1. The van der Waals surface area contributed by atoms with E-state index in [1.165, 1.54) is 12.1 Å². The van der Waals surface area contributed by atoms with Crippen LogP contribution < -0.4 is 10.1 Å². The fourth-order valence-corrected chi connectivity index (χ4v) is 3.28. The van der Waals surface area contributed by atoms with Gasteiger partial charge in [-0.3, -0.25) is 9.59 Å². The molecule has 1 aromatic heterocycles. The van der Waals surface area contributed by atoms with E-state index < -0.39 is 11.7 Å². The second-order valence-electron chi connectivity index (χ2n) is 6.82. The molecule has 0 saturated carbocycles. The van der Waals surface area contributed by atoms with Gasteiger partial charge in [0.25, 0.3) is 5.91 Å². The van der Waals surface area contributed by atoms with Crippen LogP contribution in [0.25, 0.3) is 0 Å². The van der Waals surface area contributed by atoms with E-state index in [2.05, 4.69) is 26.2 Å². The largest absolute Gasteiger partial charge is 0.484 e. The maximum atomic E-state index is 12.6. The minimum Gasteiger partial charge on any atom is -0.484 e. The van der Waals surface area contributed by atoms with Crippen molar-refractivity contribution in [1.29, 1.82) is 0 Å². The standard InChI is InChI=1S/C20H19BrF3N3O3/c21-15-3-6-17(25-11-15)26-19(29)13-7-9-27(10-8-13)18(28)12-30-16-4-1-14(2-5-16)20(22,23)24/h1-6,11,13H,7-10,12H2,(H,25,26,29). The van der Waals surface area contributed by atoms with Crippen molar-refractivity contribution in [3.8, 4) is 5.75 Å². The zero-order valence-electron chi connectivity index (χ0n) is 15.8. The molecule has 0 atom stereocenters. The molecule has 1 saturated heterocycles. The Morgan fingerprint density at radius 3 is 2.37 bits per heavy atom. The van der Waals surface area contributed by atoms with Crippen LogP contribution in [0.2, 0.25) is 0 Å². The Kier molecular flexibility index (Phi) is 6.96. The topological polar surface area (TPSA) is 71.5 Å². The van der Waals surface area contributed by atoms with Gasteiger partial charge in [-0.2, -0.15) is 13.2 Å². The third kappa shape index (κ3) is 5.94. The number of carbonyl (C=O) groups is 2. The minimum atomic E-state index is -4.42. The first-order valence-corrected chi connectivity index (χ1v) is 10.0. The normalized spacial score (nSPS) is 15.0. The molecular formula is C20H19BrF3N3O3. The highest BCUT2D eigenvalue weighted by Crippen LogP contribution is 2.30. The van der Waals surface area contributed by atoms with E-state index in [0.29, 0.717) is 31.7 Å².